The summed E-state index contributed by atoms with van der Waals surface area (Å²) in [6.45, 7) is 0.818. The van der Waals surface area contributed by atoms with Crippen LogP contribution in [0, 0.1) is 0 Å². The van der Waals surface area contributed by atoms with E-state index in [2.05, 4.69) is 5.32 Å². The molecule has 0 bridgehead atoms. The quantitative estimate of drug-likeness (QED) is 0.896. The summed E-state index contributed by atoms with van der Waals surface area (Å²) < 4.78 is 5.11. The molecule has 0 radical (unpaired) electrons. The molecule has 17 heavy (non-hydrogen) atoms. The molecule has 1 amide bonds. The smallest absolute Gasteiger partial charge is 0.233 e. The summed E-state index contributed by atoms with van der Waals surface area (Å²) in [5.74, 6) is 1.02. The highest BCUT2D eigenvalue weighted by atomic mass is 32.2. The van der Waals surface area contributed by atoms with Crippen LogP contribution < -0.4 is 10.1 Å². The summed E-state index contributed by atoms with van der Waals surface area (Å²) in [6, 6.07) is 7.86. The molecule has 1 saturated heterocycles. The van der Waals surface area contributed by atoms with Crippen LogP contribution in [-0.2, 0) is 4.79 Å². The number of thioether (sulfide) groups is 1. The molecule has 1 heterocycles. The Morgan fingerprint density at radius 3 is 2.76 bits per heavy atom. The number of nitrogens with one attached hydrogen (secondary N) is 1. The number of ether oxygens (including phenoxy) is 1. The van der Waals surface area contributed by atoms with Gasteiger partial charge in [0.1, 0.15) is 5.75 Å². The molecule has 4 heteroatoms. The fourth-order valence-electron chi connectivity index (χ4n) is 1.84. The van der Waals surface area contributed by atoms with E-state index in [1.807, 2.05) is 24.3 Å². The Morgan fingerprint density at radius 1 is 1.29 bits per heavy atom. The summed E-state index contributed by atoms with van der Waals surface area (Å²) in [6.07, 6.45) is 3.17. The van der Waals surface area contributed by atoms with Crippen molar-refractivity contribution < 1.29 is 9.53 Å². The monoisotopic (exact) mass is 251 g/mol. The van der Waals surface area contributed by atoms with Crippen molar-refractivity contribution in [2.75, 3.05) is 13.7 Å². The molecular formula is C13H17NO2S. The molecule has 1 aromatic rings. The van der Waals surface area contributed by atoms with Crippen molar-refractivity contribution >= 4 is 17.7 Å². The van der Waals surface area contributed by atoms with E-state index in [1.165, 1.54) is 0 Å². The number of carbonyl (C=O) groups excluding carboxylic acids is 1. The van der Waals surface area contributed by atoms with Crippen molar-refractivity contribution in [1.29, 1.82) is 0 Å². The number of amides is 1. The molecule has 2 rings (SSSR count). The van der Waals surface area contributed by atoms with Crippen LogP contribution in [-0.4, -0.2) is 24.8 Å². The predicted molar refractivity (Wildman–Crippen MR) is 69.5 cm³/mol. The average molecular weight is 251 g/mol. The third kappa shape index (κ3) is 3.40. The molecule has 0 aliphatic carbocycles. The van der Waals surface area contributed by atoms with Gasteiger partial charge in [0.15, 0.2) is 0 Å². The Bertz CT molecular complexity index is 378. The van der Waals surface area contributed by atoms with Crippen LogP contribution in [0.2, 0.25) is 0 Å². The van der Waals surface area contributed by atoms with E-state index in [9.17, 15) is 4.79 Å². The molecule has 1 fully saturated rings. The van der Waals surface area contributed by atoms with E-state index in [4.69, 9.17) is 4.74 Å². The van der Waals surface area contributed by atoms with Crippen molar-refractivity contribution in [1.82, 2.24) is 5.32 Å². The molecule has 0 spiro atoms. The summed E-state index contributed by atoms with van der Waals surface area (Å²) in [5, 5.41) is 3.00. The van der Waals surface area contributed by atoms with E-state index in [1.54, 1.807) is 18.9 Å². The van der Waals surface area contributed by atoms with Crippen LogP contribution in [0.3, 0.4) is 0 Å². The molecule has 1 aliphatic heterocycles. The van der Waals surface area contributed by atoms with E-state index in [0.29, 0.717) is 0 Å². The molecule has 1 aromatic carbocycles. The second-order valence-corrected chi connectivity index (χ2v) is 5.34. The van der Waals surface area contributed by atoms with Crippen molar-refractivity contribution in [3.8, 4) is 5.75 Å². The zero-order valence-corrected chi connectivity index (χ0v) is 10.8. The number of hydrogen-bond acceptors (Lipinski definition) is 3. The second kappa shape index (κ2) is 5.96. The molecule has 0 unspecified atom stereocenters. The second-order valence-electron chi connectivity index (χ2n) is 4.07. The van der Waals surface area contributed by atoms with Crippen LogP contribution in [0.25, 0.3) is 0 Å². The first kappa shape index (κ1) is 12.3. The van der Waals surface area contributed by atoms with Crippen LogP contribution in [0.1, 0.15) is 19.3 Å². The maximum Gasteiger partial charge on any atom is 0.233 e. The lowest BCUT2D eigenvalue weighted by molar-refractivity contribution is -0.120. The topological polar surface area (TPSA) is 38.3 Å². The maximum absolute atomic E-state index is 11.8. The third-order valence-corrected chi connectivity index (χ3v) is 4.10. The number of hydrogen-bond donors (Lipinski definition) is 1. The zero-order chi connectivity index (χ0) is 12.1. The van der Waals surface area contributed by atoms with Gasteiger partial charge in [0.2, 0.25) is 5.91 Å². The summed E-state index contributed by atoms with van der Waals surface area (Å²) in [5.41, 5.74) is 0. The van der Waals surface area contributed by atoms with E-state index in [-0.39, 0.29) is 11.2 Å². The fraction of sp³-hybridized carbons (Fsp3) is 0.462. The highest BCUT2D eigenvalue weighted by Gasteiger charge is 2.21. The fourth-order valence-corrected chi connectivity index (χ4v) is 2.94. The molecule has 0 aromatic heterocycles. The maximum atomic E-state index is 11.8. The molecule has 1 N–H and O–H groups in total. The standard InChI is InChI=1S/C13H17NO2S/c1-16-10-5-7-11(8-6-10)17-12-4-2-3-9-14-13(12)15/h5-8,12H,2-4,9H2,1H3,(H,14,15)/t12-/m0/s1. The lowest BCUT2D eigenvalue weighted by Gasteiger charge is -2.12. The van der Waals surface area contributed by atoms with Crippen LogP contribution in [0.15, 0.2) is 29.2 Å². The predicted octanol–water partition coefficient (Wildman–Crippen LogP) is 2.46. The largest absolute Gasteiger partial charge is 0.497 e. The first-order valence-corrected chi connectivity index (χ1v) is 6.76. The van der Waals surface area contributed by atoms with Gasteiger partial charge in [-0.3, -0.25) is 4.79 Å². The van der Waals surface area contributed by atoms with Gasteiger partial charge in [0, 0.05) is 11.4 Å². The molecular weight excluding hydrogens is 234 g/mol. The van der Waals surface area contributed by atoms with Gasteiger partial charge in [-0.25, -0.2) is 0 Å². The molecule has 92 valence electrons. The Hall–Kier alpha value is -1.16. The lowest BCUT2D eigenvalue weighted by atomic mass is 10.2. The van der Waals surface area contributed by atoms with Gasteiger partial charge in [0.05, 0.1) is 12.4 Å². The first-order chi connectivity index (χ1) is 8.29. The van der Waals surface area contributed by atoms with Gasteiger partial charge in [-0.2, -0.15) is 0 Å². The Kier molecular flexibility index (Phi) is 4.31. The minimum atomic E-state index is 0.0471. The van der Waals surface area contributed by atoms with Crippen LogP contribution in [0.4, 0.5) is 0 Å². The zero-order valence-electron chi connectivity index (χ0n) is 9.94. The average Bonchev–Trinajstić information content (AvgIpc) is 2.56. The van der Waals surface area contributed by atoms with Gasteiger partial charge in [0.25, 0.3) is 0 Å². The summed E-state index contributed by atoms with van der Waals surface area (Å²) in [4.78, 5) is 12.9. The molecule has 3 nitrogen and oxygen atoms in total. The highest BCUT2D eigenvalue weighted by molar-refractivity contribution is 8.00. The Labute approximate surface area is 106 Å². The van der Waals surface area contributed by atoms with Crippen molar-refractivity contribution in [3.05, 3.63) is 24.3 Å². The van der Waals surface area contributed by atoms with Crippen LogP contribution in [0.5, 0.6) is 5.75 Å². The van der Waals surface area contributed by atoms with E-state index >= 15 is 0 Å². The molecule has 1 atom stereocenters. The normalized spacial score (nSPS) is 20.5. The summed E-state index contributed by atoms with van der Waals surface area (Å²) in [7, 11) is 1.65. The van der Waals surface area contributed by atoms with Gasteiger partial charge in [-0.1, -0.05) is 6.42 Å². The van der Waals surface area contributed by atoms with Crippen molar-refractivity contribution in [3.63, 3.8) is 0 Å². The van der Waals surface area contributed by atoms with E-state index < -0.39 is 0 Å². The van der Waals surface area contributed by atoms with Gasteiger partial charge >= 0.3 is 0 Å². The summed E-state index contributed by atoms with van der Waals surface area (Å²) >= 11 is 1.64. The SMILES string of the molecule is COc1ccc(S[C@H]2CCCCNC2=O)cc1. The number of benzene rings is 1. The van der Waals surface area contributed by atoms with Crippen molar-refractivity contribution in [2.45, 2.75) is 29.4 Å². The van der Waals surface area contributed by atoms with Gasteiger partial charge < -0.3 is 10.1 Å². The number of methoxy groups -OCH3 is 1. The Balaban J connectivity index is 2.00. The Morgan fingerprint density at radius 2 is 2.06 bits per heavy atom. The highest BCUT2D eigenvalue weighted by Crippen LogP contribution is 2.29. The van der Waals surface area contributed by atoms with Crippen LogP contribution >= 0.6 is 11.8 Å². The minimum absolute atomic E-state index is 0.0471. The van der Waals surface area contributed by atoms with Gasteiger partial charge in [-0.15, -0.1) is 11.8 Å². The molecule has 1 aliphatic rings. The van der Waals surface area contributed by atoms with Gasteiger partial charge in [-0.05, 0) is 37.1 Å². The number of rotatable bonds is 3. The molecule has 0 saturated carbocycles. The lowest BCUT2D eigenvalue weighted by Crippen LogP contribution is -2.30. The third-order valence-electron chi connectivity index (χ3n) is 2.82. The minimum Gasteiger partial charge on any atom is -0.497 e. The van der Waals surface area contributed by atoms with Crippen molar-refractivity contribution in [2.24, 2.45) is 0 Å². The number of carbonyl (C=O) groups is 1. The first-order valence-electron chi connectivity index (χ1n) is 5.88. The van der Waals surface area contributed by atoms with E-state index in [0.717, 1.165) is 36.5 Å².